The summed E-state index contributed by atoms with van der Waals surface area (Å²) in [6.45, 7) is 11.3. The van der Waals surface area contributed by atoms with E-state index in [-0.39, 0.29) is 5.04 Å². The quantitative estimate of drug-likeness (QED) is 0.770. The van der Waals surface area contributed by atoms with Gasteiger partial charge >= 0.3 is 0 Å². The van der Waals surface area contributed by atoms with Crippen molar-refractivity contribution in [1.82, 2.24) is 0 Å². The topological polar surface area (TPSA) is 49.7 Å². The van der Waals surface area contributed by atoms with Crippen LogP contribution in [0.2, 0.25) is 23.2 Å². The van der Waals surface area contributed by atoms with Gasteiger partial charge in [-0.2, -0.15) is 0 Å². The molecule has 1 aromatic carbocycles. The fourth-order valence-electron chi connectivity index (χ4n) is 1.73. The van der Waals surface area contributed by atoms with Crippen molar-refractivity contribution in [1.29, 1.82) is 0 Å². The summed E-state index contributed by atoms with van der Waals surface area (Å²) in [7, 11) is -1.82. The van der Waals surface area contributed by atoms with Crippen LogP contribution in [-0.4, -0.2) is 31.2 Å². The first-order chi connectivity index (χ1) is 9.56. The maximum Gasteiger partial charge on any atom is 0.191 e. The Bertz CT molecular complexity index is 457. The predicted molar refractivity (Wildman–Crippen MR) is 90.2 cm³/mol. The molecule has 3 nitrogen and oxygen atoms in total. The van der Waals surface area contributed by atoms with Crippen molar-refractivity contribution >= 4 is 19.9 Å². The van der Waals surface area contributed by atoms with Crippen molar-refractivity contribution in [2.45, 2.75) is 57.5 Å². The van der Waals surface area contributed by atoms with Crippen LogP contribution in [0, 0.1) is 0 Å². The maximum atomic E-state index is 10.2. The number of benzene rings is 1. The lowest BCUT2D eigenvalue weighted by Crippen LogP contribution is -2.41. The average Bonchev–Trinajstić information content (AvgIpc) is 2.36. The van der Waals surface area contributed by atoms with Crippen LogP contribution in [0.3, 0.4) is 0 Å². The summed E-state index contributed by atoms with van der Waals surface area (Å²) in [4.78, 5) is 0. The lowest BCUT2D eigenvalue weighted by atomic mass is 10.0. The molecular weight excluding hydrogens is 304 g/mol. The summed E-state index contributed by atoms with van der Waals surface area (Å²) in [5.41, 5.74) is 0.555. The second-order valence-corrected chi connectivity index (χ2v) is 12.1. The van der Waals surface area contributed by atoms with Crippen molar-refractivity contribution in [2.24, 2.45) is 0 Å². The van der Waals surface area contributed by atoms with E-state index in [0.717, 1.165) is 0 Å². The molecule has 0 saturated carbocycles. The Morgan fingerprint density at radius 3 is 2.29 bits per heavy atom. The van der Waals surface area contributed by atoms with Crippen molar-refractivity contribution in [3.63, 3.8) is 0 Å². The van der Waals surface area contributed by atoms with Gasteiger partial charge in [0.05, 0.1) is 6.10 Å². The van der Waals surface area contributed by atoms with E-state index >= 15 is 0 Å². The standard InChI is InChI=1S/C16H27ClO3Si/c1-16(2,3)21(4,5)20-11-10-14(18)15(19)12-8-6-7-9-13(12)17/h6-9,14-15,18-19H,10-11H2,1-5H3/t14-,15-/m1/s1. The smallest absolute Gasteiger partial charge is 0.191 e. The minimum Gasteiger partial charge on any atom is -0.417 e. The van der Waals surface area contributed by atoms with Crippen LogP contribution in [0.1, 0.15) is 38.9 Å². The normalized spacial score (nSPS) is 15.8. The second kappa shape index (κ2) is 7.25. The fourth-order valence-corrected chi connectivity index (χ4v) is 3.04. The lowest BCUT2D eigenvalue weighted by molar-refractivity contribution is 0.00523. The minimum absolute atomic E-state index is 0.138. The van der Waals surface area contributed by atoms with Gasteiger partial charge in [-0.3, -0.25) is 0 Å². The van der Waals surface area contributed by atoms with E-state index in [1.54, 1.807) is 24.3 Å². The average molecular weight is 331 g/mol. The molecule has 1 rings (SSSR count). The first kappa shape index (κ1) is 18.7. The van der Waals surface area contributed by atoms with E-state index in [0.29, 0.717) is 23.6 Å². The molecule has 1 aromatic rings. The molecule has 0 aliphatic rings. The van der Waals surface area contributed by atoms with Gasteiger partial charge in [-0.15, -0.1) is 0 Å². The summed E-state index contributed by atoms with van der Waals surface area (Å²) in [5.74, 6) is 0. The van der Waals surface area contributed by atoms with Gasteiger partial charge in [-0.25, -0.2) is 0 Å². The van der Waals surface area contributed by atoms with Gasteiger partial charge in [-0.1, -0.05) is 50.6 Å². The van der Waals surface area contributed by atoms with E-state index in [1.807, 2.05) is 0 Å². The molecule has 0 spiro atoms. The minimum atomic E-state index is -1.82. The third-order valence-corrected chi connectivity index (χ3v) is 9.15. The number of rotatable bonds is 6. The molecule has 5 heteroatoms. The highest BCUT2D eigenvalue weighted by molar-refractivity contribution is 6.74. The highest BCUT2D eigenvalue weighted by atomic mass is 35.5. The zero-order valence-electron chi connectivity index (χ0n) is 13.6. The third-order valence-electron chi connectivity index (χ3n) is 4.27. The first-order valence-electron chi connectivity index (χ1n) is 7.31. The molecule has 120 valence electrons. The third kappa shape index (κ3) is 5.08. The van der Waals surface area contributed by atoms with E-state index < -0.39 is 20.5 Å². The van der Waals surface area contributed by atoms with E-state index in [9.17, 15) is 10.2 Å². The Morgan fingerprint density at radius 1 is 1.19 bits per heavy atom. The van der Waals surface area contributed by atoms with Crippen molar-refractivity contribution in [3.05, 3.63) is 34.9 Å². The molecule has 2 atom stereocenters. The summed E-state index contributed by atoms with van der Waals surface area (Å²) in [6.07, 6.45) is -1.48. The zero-order valence-corrected chi connectivity index (χ0v) is 15.3. The highest BCUT2D eigenvalue weighted by Gasteiger charge is 2.37. The van der Waals surface area contributed by atoms with Crippen molar-refractivity contribution in [3.8, 4) is 0 Å². The first-order valence-corrected chi connectivity index (χ1v) is 10.6. The molecule has 0 aliphatic heterocycles. The maximum absolute atomic E-state index is 10.2. The number of halogens is 1. The van der Waals surface area contributed by atoms with Gasteiger partial charge in [0.1, 0.15) is 6.10 Å². The fraction of sp³-hybridized carbons (Fsp3) is 0.625. The second-order valence-electron chi connectivity index (χ2n) is 6.93. The molecule has 0 fully saturated rings. The highest BCUT2D eigenvalue weighted by Crippen LogP contribution is 2.36. The Hall–Kier alpha value is -0.393. The molecule has 21 heavy (non-hydrogen) atoms. The van der Waals surface area contributed by atoms with Crippen molar-refractivity contribution in [2.75, 3.05) is 6.61 Å². The Balaban J connectivity index is 2.55. The van der Waals surface area contributed by atoms with Crippen LogP contribution in [0.15, 0.2) is 24.3 Å². The van der Waals surface area contributed by atoms with Crippen LogP contribution in [0.25, 0.3) is 0 Å². The summed E-state index contributed by atoms with van der Waals surface area (Å²) in [6, 6.07) is 7.03. The number of aliphatic hydroxyl groups excluding tert-OH is 2. The van der Waals surface area contributed by atoms with E-state index in [2.05, 4.69) is 33.9 Å². The molecule has 0 unspecified atom stereocenters. The zero-order chi connectivity index (χ0) is 16.3. The molecular formula is C16H27ClO3Si. The van der Waals surface area contributed by atoms with Gasteiger partial charge in [0.15, 0.2) is 8.32 Å². The van der Waals surface area contributed by atoms with Crippen LogP contribution in [0.4, 0.5) is 0 Å². The molecule has 0 amide bonds. The lowest BCUT2D eigenvalue weighted by Gasteiger charge is -2.36. The molecule has 0 saturated heterocycles. The Morgan fingerprint density at radius 2 is 1.76 bits per heavy atom. The molecule has 0 aliphatic carbocycles. The Labute approximate surface area is 134 Å². The summed E-state index contributed by atoms with van der Waals surface area (Å²) in [5, 5.41) is 20.9. The number of hydrogen-bond donors (Lipinski definition) is 2. The van der Waals surface area contributed by atoms with Crippen LogP contribution >= 0.6 is 11.6 Å². The van der Waals surface area contributed by atoms with Gasteiger partial charge in [0.2, 0.25) is 0 Å². The van der Waals surface area contributed by atoms with Crippen LogP contribution < -0.4 is 0 Å². The van der Waals surface area contributed by atoms with Gasteiger partial charge in [0, 0.05) is 17.2 Å². The largest absolute Gasteiger partial charge is 0.417 e. The molecule has 0 bridgehead atoms. The molecule has 0 heterocycles. The van der Waals surface area contributed by atoms with E-state index in [1.165, 1.54) is 0 Å². The van der Waals surface area contributed by atoms with Gasteiger partial charge < -0.3 is 14.6 Å². The molecule has 2 N–H and O–H groups in total. The number of hydrogen-bond acceptors (Lipinski definition) is 3. The molecule has 0 aromatic heterocycles. The summed E-state index contributed by atoms with van der Waals surface area (Å²) >= 11 is 6.03. The summed E-state index contributed by atoms with van der Waals surface area (Å²) < 4.78 is 6.02. The number of aliphatic hydroxyl groups is 2. The molecule has 0 radical (unpaired) electrons. The van der Waals surface area contributed by atoms with Crippen LogP contribution in [0.5, 0.6) is 0 Å². The Kier molecular flexibility index (Phi) is 6.44. The van der Waals surface area contributed by atoms with Gasteiger partial charge in [-0.05, 0) is 30.6 Å². The van der Waals surface area contributed by atoms with Gasteiger partial charge in [0.25, 0.3) is 0 Å². The predicted octanol–water partition coefficient (Wildman–Crippen LogP) is 4.15. The van der Waals surface area contributed by atoms with E-state index in [4.69, 9.17) is 16.0 Å². The monoisotopic (exact) mass is 330 g/mol. The SMILES string of the molecule is CC(C)(C)[Si](C)(C)OCC[C@@H](O)[C@H](O)c1ccccc1Cl. The van der Waals surface area contributed by atoms with Crippen LogP contribution in [-0.2, 0) is 4.43 Å². The van der Waals surface area contributed by atoms with Crippen molar-refractivity contribution < 1.29 is 14.6 Å².